The molecule has 1 heterocycles. The molecule has 0 aliphatic carbocycles. The fourth-order valence-electron chi connectivity index (χ4n) is 2.73. The minimum absolute atomic E-state index is 0.158. The van der Waals surface area contributed by atoms with Crippen molar-refractivity contribution in [1.29, 1.82) is 0 Å². The Balaban J connectivity index is 1.63. The zero-order chi connectivity index (χ0) is 19.9. The van der Waals surface area contributed by atoms with Crippen LogP contribution in [0.2, 0.25) is 0 Å². The van der Waals surface area contributed by atoms with Gasteiger partial charge in [0.2, 0.25) is 0 Å². The van der Waals surface area contributed by atoms with Crippen molar-refractivity contribution in [3.8, 4) is 5.69 Å². The monoisotopic (exact) mass is 376 g/mol. The summed E-state index contributed by atoms with van der Waals surface area (Å²) in [6.07, 6.45) is 3.90. The van der Waals surface area contributed by atoms with E-state index in [1.807, 2.05) is 60.2 Å². The zero-order valence-corrected chi connectivity index (χ0v) is 16.1. The Bertz CT molecular complexity index is 931. The standard InChI is InChI=1S/C22H24N4O2/c1-25(2)15-12-23-21(27)18-6-5-7-19(16-18)24-22(28)17-8-10-20(11-9-17)26-13-3-4-14-26/h3-11,13-14,16H,12,15H2,1-2H3,(H,23,27)(H,24,28). The highest BCUT2D eigenvalue weighted by Crippen LogP contribution is 2.14. The quantitative estimate of drug-likeness (QED) is 0.666. The summed E-state index contributed by atoms with van der Waals surface area (Å²) in [5, 5.41) is 5.71. The van der Waals surface area contributed by atoms with Gasteiger partial charge in [-0.3, -0.25) is 9.59 Å². The second-order valence-corrected chi connectivity index (χ2v) is 6.73. The van der Waals surface area contributed by atoms with Crippen molar-refractivity contribution in [3.05, 3.63) is 84.2 Å². The van der Waals surface area contributed by atoms with E-state index in [1.54, 1.807) is 36.4 Å². The van der Waals surface area contributed by atoms with Crippen LogP contribution in [-0.2, 0) is 0 Å². The topological polar surface area (TPSA) is 66.4 Å². The van der Waals surface area contributed by atoms with Gasteiger partial charge in [-0.25, -0.2) is 0 Å². The molecular weight excluding hydrogens is 352 g/mol. The molecule has 0 bridgehead atoms. The highest BCUT2D eigenvalue weighted by atomic mass is 16.2. The number of anilines is 1. The third kappa shape index (κ3) is 5.08. The summed E-state index contributed by atoms with van der Waals surface area (Å²) in [5.41, 5.74) is 2.63. The zero-order valence-electron chi connectivity index (χ0n) is 16.1. The number of carbonyl (C=O) groups excluding carboxylic acids is 2. The first-order chi connectivity index (χ1) is 13.5. The summed E-state index contributed by atoms with van der Waals surface area (Å²) in [6.45, 7) is 1.33. The fourth-order valence-corrected chi connectivity index (χ4v) is 2.73. The average Bonchev–Trinajstić information content (AvgIpc) is 3.23. The molecule has 3 aromatic rings. The first-order valence-corrected chi connectivity index (χ1v) is 9.11. The van der Waals surface area contributed by atoms with Crippen LogP contribution >= 0.6 is 0 Å². The molecule has 2 aromatic carbocycles. The van der Waals surface area contributed by atoms with Gasteiger partial charge in [0.05, 0.1) is 0 Å². The van der Waals surface area contributed by atoms with Crippen molar-refractivity contribution >= 4 is 17.5 Å². The molecular formula is C22H24N4O2. The minimum Gasteiger partial charge on any atom is -0.351 e. The summed E-state index contributed by atoms with van der Waals surface area (Å²) in [5.74, 6) is -0.377. The van der Waals surface area contributed by atoms with Gasteiger partial charge in [-0.1, -0.05) is 6.07 Å². The summed E-state index contributed by atoms with van der Waals surface area (Å²) in [6, 6.07) is 18.2. The molecule has 0 saturated heterocycles. The molecule has 6 heteroatoms. The Morgan fingerprint density at radius 3 is 2.29 bits per heavy atom. The van der Waals surface area contributed by atoms with Gasteiger partial charge in [-0.2, -0.15) is 0 Å². The Morgan fingerprint density at radius 1 is 0.893 bits per heavy atom. The van der Waals surface area contributed by atoms with Gasteiger partial charge in [0.1, 0.15) is 0 Å². The molecule has 2 amide bonds. The first-order valence-electron chi connectivity index (χ1n) is 9.11. The maximum atomic E-state index is 12.5. The number of nitrogens with zero attached hydrogens (tertiary/aromatic N) is 2. The molecule has 0 unspecified atom stereocenters. The number of amides is 2. The highest BCUT2D eigenvalue weighted by Gasteiger charge is 2.09. The number of nitrogens with one attached hydrogen (secondary N) is 2. The first kappa shape index (κ1) is 19.4. The normalized spacial score (nSPS) is 10.7. The Kier molecular flexibility index (Phi) is 6.24. The van der Waals surface area contributed by atoms with Crippen LogP contribution in [0.4, 0.5) is 5.69 Å². The molecule has 1 aromatic heterocycles. The Morgan fingerprint density at radius 2 is 1.61 bits per heavy atom. The predicted octanol–water partition coefficient (Wildman–Crippen LogP) is 3.02. The molecule has 144 valence electrons. The number of rotatable bonds is 7. The van der Waals surface area contributed by atoms with E-state index in [0.29, 0.717) is 23.4 Å². The van der Waals surface area contributed by atoms with Gasteiger partial charge in [0.25, 0.3) is 11.8 Å². The van der Waals surface area contributed by atoms with Crippen molar-refractivity contribution in [2.24, 2.45) is 0 Å². The van der Waals surface area contributed by atoms with Crippen molar-refractivity contribution in [3.63, 3.8) is 0 Å². The van der Waals surface area contributed by atoms with Crippen molar-refractivity contribution < 1.29 is 9.59 Å². The largest absolute Gasteiger partial charge is 0.351 e. The van der Waals surface area contributed by atoms with Gasteiger partial charge >= 0.3 is 0 Å². The lowest BCUT2D eigenvalue weighted by Gasteiger charge is -2.11. The molecule has 2 N–H and O–H groups in total. The number of hydrogen-bond acceptors (Lipinski definition) is 3. The number of aromatic nitrogens is 1. The SMILES string of the molecule is CN(C)CCNC(=O)c1cccc(NC(=O)c2ccc(-n3cccc3)cc2)c1. The lowest BCUT2D eigenvalue weighted by Crippen LogP contribution is -2.31. The summed E-state index contributed by atoms with van der Waals surface area (Å²) < 4.78 is 1.97. The number of benzene rings is 2. The molecule has 0 aliphatic heterocycles. The number of likely N-dealkylation sites (N-methyl/N-ethyl adjacent to an activating group) is 1. The van der Waals surface area contributed by atoms with Crippen LogP contribution in [0, 0.1) is 0 Å². The second-order valence-electron chi connectivity index (χ2n) is 6.73. The highest BCUT2D eigenvalue weighted by molar-refractivity contribution is 6.05. The molecule has 0 aliphatic rings. The Hall–Kier alpha value is -3.38. The maximum Gasteiger partial charge on any atom is 0.255 e. The van der Waals surface area contributed by atoms with E-state index >= 15 is 0 Å². The van der Waals surface area contributed by atoms with Crippen LogP contribution < -0.4 is 10.6 Å². The smallest absolute Gasteiger partial charge is 0.255 e. The van der Waals surface area contributed by atoms with E-state index in [4.69, 9.17) is 0 Å². The lowest BCUT2D eigenvalue weighted by molar-refractivity contribution is 0.0949. The summed E-state index contributed by atoms with van der Waals surface area (Å²) in [4.78, 5) is 26.8. The van der Waals surface area contributed by atoms with Crippen LogP contribution in [0.25, 0.3) is 5.69 Å². The van der Waals surface area contributed by atoms with Crippen LogP contribution in [0.15, 0.2) is 73.1 Å². The molecule has 0 fully saturated rings. The molecule has 28 heavy (non-hydrogen) atoms. The predicted molar refractivity (Wildman–Crippen MR) is 111 cm³/mol. The van der Waals surface area contributed by atoms with Gasteiger partial charge < -0.3 is 20.1 Å². The van der Waals surface area contributed by atoms with E-state index in [2.05, 4.69) is 10.6 Å². The van der Waals surface area contributed by atoms with Gasteiger partial charge in [-0.05, 0) is 68.7 Å². The van der Waals surface area contributed by atoms with Gasteiger partial charge in [0.15, 0.2) is 0 Å². The number of carbonyl (C=O) groups is 2. The molecule has 3 rings (SSSR count). The van der Waals surface area contributed by atoms with Crippen molar-refractivity contribution in [1.82, 2.24) is 14.8 Å². The Labute approximate surface area is 164 Å². The van der Waals surface area contributed by atoms with Gasteiger partial charge in [-0.15, -0.1) is 0 Å². The van der Waals surface area contributed by atoms with Crippen LogP contribution in [0.5, 0.6) is 0 Å². The average molecular weight is 376 g/mol. The van der Waals surface area contributed by atoms with E-state index in [-0.39, 0.29) is 11.8 Å². The summed E-state index contributed by atoms with van der Waals surface area (Å²) in [7, 11) is 3.90. The molecule has 0 spiro atoms. The van der Waals surface area contributed by atoms with E-state index in [1.165, 1.54) is 0 Å². The lowest BCUT2D eigenvalue weighted by atomic mass is 10.1. The third-order valence-electron chi connectivity index (χ3n) is 4.26. The molecule has 0 radical (unpaired) electrons. The molecule has 0 atom stereocenters. The van der Waals surface area contributed by atoms with E-state index in [0.717, 1.165) is 12.2 Å². The molecule has 6 nitrogen and oxygen atoms in total. The second kappa shape index (κ2) is 9.01. The molecule has 0 saturated carbocycles. The van der Waals surface area contributed by atoms with Crippen molar-refractivity contribution in [2.75, 3.05) is 32.5 Å². The van der Waals surface area contributed by atoms with Crippen molar-refractivity contribution in [2.45, 2.75) is 0 Å². The fraction of sp³-hybridized carbons (Fsp3) is 0.182. The van der Waals surface area contributed by atoms with E-state index in [9.17, 15) is 9.59 Å². The van der Waals surface area contributed by atoms with Crippen LogP contribution in [0.1, 0.15) is 20.7 Å². The van der Waals surface area contributed by atoms with Gasteiger partial charge in [0, 0.05) is 48.0 Å². The van der Waals surface area contributed by atoms with Crippen LogP contribution in [-0.4, -0.2) is 48.5 Å². The number of hydrogen-bond donors (Lipinski definition) is 2. The van der Waals surface area contributed by atoms with E-state index < -0.39 is 0 Å². The van der Waals surface area contributed by atoms with Crippen LogP contribution in [0.3, 0.4) is 0 Å². The summed E-state index contributed by atoms with van der Waals surface area (Å²) >= 11 is 0. The third-order valence-corrected chi connectivity index (χ3v) is 4.26. The maximum absolute atomic E-state index is 12.5. The minimum atomic E-state index is -0.218.